The van der Waals surface area contributed by atoms with E-state index >= 15 is 0 Å². The Bertz CT molecular complexity index is 870. The number of ether oxygens (including phenoxy) is 1. The zero-order valence-electron chi connectivity index (χ0n) is 13.3. The first-order valence-electron chi connectivity index (χ1n) is 7.35. The molecule has 0 spiro atoms. The van der Waals surface area contributed by atoms with Crippen LogP contribution in [-0.2, 0) is 4.79 Å². The van der Waals surface area contributed by atoms with Gasteiger partial charge in [-0.15, -0.1) is 0 Å². The lowest BCUT2D eigenvalue weighted by atomic mass is 10.1. The highest BCUT2D eigenvalue weighted by Crippen LogP contribution is 2.21. The minimum Gasteiger partial charge on any atom is -0.483 e. The van der Waals surface area contributed by atoms with E-state index in [0.29, 0.717) is 17.2 Å². The lowest BCUT2D eigenvalue weighted by Crippen LogP contribution is -2.20. The number of aromatic nitrogens is 3. The van der Waals surface area contributed by atoms with Crippen LogP contribution >= 0.6 is 0 Å². The molecule has 0 unspecified atom stereocenters. The number of benzene rings is 1. The molecule has 1 aromatic carbocycles. The molecule has 2 heterocycles. The van der Waals surface area contributed by atoms with E-state index in [9.17, 15) is 4.79 Å². The summed E-state index contributed by atoms with van der Waals surface area (Å²) >= 11 is 0. The van der Waals surface area contributed by atoms with Crippen LogP contribution in [0.5, 0.6) is 5.75 Å². The smallest absolute Gasteiger partial charge is 0.263 e. The Kier molecular flexibility index (Phi) is 3.97. The normalized spacial score (nSPS) is 10.7. The lowest BCUT2D eigenvalue weighted by molar-refractivity contribution is -0.118. The molecule has 0 radical (unpaired) electrons. The zero-order valence-corrected chi connectivity index (χ0v) is 13.3. The number of aryl methyl sites for hydroxylation is 2. The van der Waals surface area contributed by atoms with Crippen LogP contribution in [0.2, 0.25) is 0 Å². The second kappa shape index (κ2) is 6.08. The van der Waals surface area contributed by atoms with Crippen LogP contribution in [0.1, 0.15) is 16.8 Å². The van der Waals surface area contributed by atoms with Crippen LogP contribution in [0.4, 0.5) is 5.82 Å². The number of fused-ring (bicyclic) bond motifs is 1. The van der Waals surface area contributed by atoms with Crippen molar-refractivity contribution in [3.05, 3.63) is 47.2 Å². The van der Waals surface area contributed by atoms with Gasteiger partial charge in [-0.25, -0.2) is 4.98 Å². The van der Waals surface area contributed by atoms with Gasteiger partial charge < -0.3 is 10.1 Å². The van der Waals surface area contributed by atoms with Crippen LogP contribution in [0.25, 0.3) is 11.0 Å². The molecule has 118 valence electrons. The molecule has 23 heavy (non-hydrogen) atoms. The molecule has 6 nitrogen and oxygen atoms in total. The maximum absolute atomic E-state index is 12.1. The van der Waals surface area contributed by atoms with Gasteiger partial charge in [0.1, 0.15) is 5.75 Å². The maximum Gasteiger partial charge on any atom is 0.263 e. The summed E-state index contributed by atoms with van der Waals surface area (Å²) in [6.45, 7) is 5.80. The van der Waals surface area contributed by atoms with E-state index in [1.165, 1.54) is 0 Å². The van der Waals surface area contributed by atoms with Crippen LogP contribution in [0.15, 0.2) is 30.3 Å². The monoisotopic (exact) mass is 310 g/mol. The van der Waals surface area contributed by atoms with Crippen molar-refractivity contribution in [1.29, 1.82) is 0 Å². The number of amides is 1. The van der Waals surface area contributed by atoms with Gasteiger partial charge in [0.05, 0.1) is 5.39 Å². The summed E-state index contributed by atoms with van der Waals surface area (Å²) in [5.74, 6) is 0.909. The van der Waals surface area contributed by atoms with Gasteiger partial charge in [-0.2, -0.15) is 5.10 Å². The molecule has 3 rings (SSSR count). The Morgan fingerprint density at radius 3 is 2.87 bits per heavy atom. The first kappa shape index (κ1) is 15.0. The molecule has 0 aliphatic rings. The Morgan fingerprint density at radius 1 is 1.22 bits per heavy atom. The molecule has 0 aliphatic carbocycles. The van der Waals surface area contributed by atoms with Gasteiger partial charge in [0.15, 0.2) is 18.1 Å². The summed E-state index contributed by atoms with van der Waals surface area (Å²) in [6.07, 6.45) is 0. The summed E-state index contributed by atoms with van der Waals surface area (Å²) in [6, 6.07) is 9.52. The Labute approximate surface area is 133 Å². The summed E-state index contributed by atoms with van der Waals surface area (Å²) < 4.78 is 5.59. The van der Waals surface area contributed by atoms with E-state index in [4.69, 9.17) is 4.74 Å². The van der Waals surface area contributed by atoms with E-state index < -0.39 is 0 Å². The molecule has 2 N–H and O–H groups in total. The SMILES string of the molecule is Cc1ccc2c(NC(=O)COc3cccc(C)c3C)n[nH]c2n1. The van der Waals surface area contributed by atoms with Gasteiger partial charge in [0.2, 0.25) is 0 Å². The Morgan fingerprint density at radius 2 is 2.04 bits per heavy atom. The standard InChI is InChI=1S/C17H18N4O2/c1-10-5-4-6-14(12(10)3)23-9-15(22)19-17-13-8-7-11(2)18-16(13)20-21-17/h4-8H,9H2,1-3H3,(H2,18,19,20,21,22). The molecule has 0 saturated heterocycles. The predicted octanol–water partition coefficient (Wildman–Crippen LogP) is 2.90. The molecule has 2 aromatic heterocycles. The van der Waals surface area contributed by atoms with Crippen molar-refractivity contribution in [3.8, 4) is 5.75 Å². The van der Waals surface area contributed by atoms with Gasteiger partial charge in [-0.05, 0) is 50.1 Å². The van der Waals surface area contributed by atoms with Crippen molar-refractivity contribution in [1.82, 2.24) is 15.2 Å². The summed E-state index contributed by atoms with van der Waals surface area (Å²) in [5.41, 5.74) is 3.70. The fourth-order valence-corrected chi connectivity index (χ4v) is 2.29. The number of H-pyrrole nitrogens is 1. The van der Waals surface area contributed by atoms with Gasteiger partial charge in [0, 0.05) is 5.69 Å². The quantitative estimate of drug-likeness (QED) is 0.776. The van der Waals surface area contributed by atoms with Crippen LogP contribution in [0, 0.1) is 20.8 Å². The molecule has 0 fully saturated rings. The molecule has 0 aliphatic heterocycles. The largest absolute Gasteiger partial charge is 0.483 e. The van der Waals surface area contributed by atoms with Gasteiger partial charge >= 0.3 is 0 Å². The minimum absolute atomic E-state index is 0.0715. The highest BCUT2D eigenvalue weighted by Gasteiger charge is 2.11. The van der Waals surface area contributed by atoms with Crippen molar-refractivity contribution in [3.63, 3.8) is 0 Å². The van der Waals surface area contributed by atoms with Crippen molar-refractivity contribution < 1.29 is 9.53 Å². The summed E-state index contributed by atoms with van der Waals surface area (Å²) in [7, 11) is 0. The number of hydrogen-bond donors (Lipinski definition) is 2. The fourth-order valence-electron chi connectivity index (χ4n) is 2.29. The molecular formula is C17H18N4O2. The maximum atomic E-state index is 12.1. The van der Waals surface area contributed by atoms with E-state index in [-0.39, 0.29) is 12.5 Å². The molecule has 3 aromatic rings. The number of pyridine rings is 1. The number of carbonyl (C=O) groups is 1. The number of hydrogen-bond acceptors (Lipinski definition) is 4. The molecule has 1 amide bonds. The number of rotatable bonds is 4. The van der Waals surface area contributed by atoms with Crippen molar-refractivity contribution in [2.75, 3.05) is 11.9 Å². The second-order valence-corrected chi connectivity index (χ2v) is 5.46. The molecule has 0 saturated carbocycles. The highest BCUT2D eigenvalue weighted by atomic mass is 16.5. The Hall–Kier alpha value is -2.89. The van der Waals surface area contributed by atoms with Gasteiger partial charge in [0.25, 0.3) is 5.91 Å². The van der Waals surface area contributed by atoms with Crippen molar-refractivity contribution in [2.24, 2.45) is 0 Å². The molecule has 0 atom stereocenters. The number of anilines is 1. The second-order valence-electron chi connectivity index (χ2n) is 5.46. The van der Waals surface area contributed by atoms with E-state index in [1.807, 2.05) is 51.1 Å². The number of nitrogens with one attached hydrogen (secondary N) is 2. The summed E-state index contributed by atoms with van der Waals surface area (Å²) in [4.78, 5) is 16.4. The molecule has 0 bridgehead atoms. The van der Waals surface area contributed by atoms with Crippen molar-refractivity contribution >= 4 is 22.8 Å². The van der Waals surface area contributed by atoms with E-state index in [2.05, 4.69) is 20.5 Å². The van der Waals surface area contributed by atoms with Crippen molar-refractivity contribution in [2.45, 2.75) is 20.8 Å². The highest BCUT2D eigenvalue weighted by molar-refractivity contribution is 5.99. The third-order valence-electron chi connectivity index (χ3n) is 3.73. The zero-order chi connectivity index (χ0) is 16.4. The van der Waals surface area contributed by atoms with Crippen LogP contribution < -0.4 is 10.1 Å². The van der Waals surface area contributed by atoms with Gasteiger partial charge in [-0.1, -0.05) is 12.1 Å². The lowest BCUT2D eigenvalue weighted by Gasteiger charge is -2.10. The number of nitrogens with zero attached hydrogens (tertiary/aromatic N) is 2. The minimum atomic E-state index is -0.264. The molecular weight excluding hydrogens is 292 g/mol. The fraction of sp³-hybridized carbons (Fsp3) is 0.235. The first-order chi connectivity index (χ1) is 11.0. The van der Waals surface area contributed by atoms with Gasteiger partial charge in [-0.3, -0.25) is 9.89 Å². The Balaban J connectivity index is 1.68. The van der Waals surface area contributed by atoms with E-state index in [0.717, 1.165) is 22.2 Å². The average Bonchev–Trinajstić information content (AvgIpc) is 2.91. The molecule has 6 heteroatoms. The number of aromatic amines is 1. The summed E-state index contributed by atoms with van der Waals surface area (Å²) in [5, 5.41) is 10.4. The predicted molar refractivity (Wildman–Crippen MR) is 88.7 cm³/mol. The van der Waals surface area contributed by atoms with E-state index in [1.54, 1.807) is 0 Å². The average molecular weight is 310 g/mol. The third kappa shape index (κ3) is 3.15. The first-order valence-corrected chi connectivity index (χ1v) is 7.35. The topological polar surface area (TPSA) is 79.9 Å². The number of carbonyl (C=O) groups excluding carboxylic acids is 1. The van der Waals surface area contributed by atoms with Crippen LogP contribution in [-0.4, -0.2) is 27.7 Å². The third-order valence-corrected chi connectivity index (χ3v) is 3.73. The van der Waals surface area contributed by atoms with Crippen LogP contribution in [0.3, 0.4) is 0 Å².